The molecule has 0 saturated carbocycles. The molecule has 104 valence electrons. The maximum atomic E-state index is 12.3. The summed E-state index contributed by atoms with van der Waals surface area (Å²) in [6.45, 7) is 6.93. The Morgan fingerprint density at radius 3 is 2.72 bits per heavy atom. The average molecular weight is 254 g/mol. The monoisotopic (exact) mass is 254 g/mol. The maximum Gasteiger partial charge on any atom is 0.237 e. The number of hydrogen-bond acceptors (Lipinski definition) is 3. The van der Waals surface area contributed by atoms with Gasteiger partial charge in [0.15, 0.2) is 0 Å². The van der Waals surface area contributed by atoms with Crippen LogP contribution < -0.4 is 10.6 Å². The van der Waals surface area contributed by atoms with E-state index in [1.54, 1.807) is 0 Å². The maximum absolute atomic E-state index is 12.3. The molecule has 18 heavy (non-hydrogen) atoms. The molecular weight excluding hydrogens is 228 g/mol. The van der Waals surface area contributed by atoms with Gasteiger partial charge >= 0.3 is 0 Å². The molecule has 0 aliphatic carbocycles. The van der Waals surface area contributed by atoms with Crippen LogP contribution in [0.25, 0.3) is 0 Å². The molecule has 2 aliphatic heterocycles. The SMILES string of the molecule is CC1CCCNC1C(=O)NC(C)C1CCOCC1. The van der Waals surface area contributed by atoms with E-state index in [0.717, 1.165) is 39.0 Å². The van der Waals surface area contributed by atoms with E-state index in [4.69, 9.17) is 4.74 Å². The van der Waals surface area contributed by atoms with Crippen LogP contribution in [-0.2, 0) is 9.53 Å². The van der Waals surface area contributed by atoms with Crippen LogP contribution in [0.4, 0.5) is 0 Å². The normalized spacial score (nSPS) is 31.9. The van der Waals surface area contributed by atoms with Crippen LogP contribution >= 0.6 is 0 Å². The highest BCUT2D eigenvalue weighted by atomic mass is 16.5. The molecule has 2 saturated heterocycles. The van der Waals surface area contributed by atoms with Crippen molar-refractivity contribution in [3.8, 4) is 0 Å². The van der Waals surface area contributed by atoms with Gasteiger partial charge in [-0.1, -0.05) is 6.92 Å². The van der Waals surface area contributed by atoms with Crippen LogP contribution in [0, 0.1) is 11.8 Å². The van der Waals surface area contributed by atoms with Gasteiger partial charge in [0.05, 0.1) is 6.04 Å². The first kappa shape index (κ1) is 13.8. The highest BCUT2D eigenvalue weighted by molar-refractivity contribution is 5.82. The Morgan fingerprint density at radius 1 is 1.33 bits per heavy atom. The van der Waals surface area contributed by atoms with Gasteiger partial charge in [-0.25, -0.2) is 0 Å². The van der Waals surface area contributed by atoms with Crippen LogP contribution in [0.3, 0.4) is 0 Å². The predicted molar refractivity (Wildman–Crippen MR) is 71.3 cm³/mol. The number of carbonyl (C=O) groups excluding carboxylic acids is 1. The van der Waals surface area contributed by atoms with Crippen LogP contribution in [0.5, 0.6) is 0 Å². The number of piperidine rings is 1. The van der Waals surface area contributed by atoms with Gasteiger partial charge in [-0.2, -0.15) is 0 Å². The summed E-state index contributed by atoms with van der Waals surface area (Å²) in [5, 5.41) is 6.53. The van der Waals surface area contributed by atoms with E-state index in [9.17, 15) is 4.79 Å². The highest BCUT2D eigenvalue weighted by Gasteiger charge is 2.29. The smallest absolute Gasteiger partial charge is 0.237 e. The molecule has 3 atom stereocenters. The van der Waals surface area contributed by atoms with Crippen molar-refractivity contribution in [3.63, 3.8) is 0 Å². The van der Waals surface area contributed by atoms with Gasteiger partial charge in [-0.15, -0.1) is 0 Å². The van der Waals surface area contributed by atoms with Gasteiger partial charge in [-0.3, -0.25) is 4.79 Å². The number of nitrogens with one attached hydrogen (secondary N) is 2. The van der Waals surface area contributed by atoms with E-state index in [-0.39, 0.29) is 18.0 Å². The topological polar surface area (TPSA) is 50.4 Å². The molecule has 2 rings (SSSR count). The first-order valence-corrected chi connectivity index (χ1v) is 7.30. The zero-order valence-electron chi connectivity index (χ0n) is 11.6. The lowest BCUT2D eigenvalue weighted by Gasteiger charge is -2.33. The summed E-state index contributed by atoms with van der Waals surface area (Å²) in [4.78, 5) is 12.3. The summed E-state index contributed by atoms with van der Waals surface area (Å²) in [5.41, 5.74) is 0. The summed E-state index contributed by atoms with van der Waals surface area (Å²) in [6, 6.07) is 0.262. The number of rotatable bonds is 3. The minimum Gasteiger partial charge on any atom is -0.381 e. The van der Waals surface area contributed by atoms with E-state index in [0.29, 0.717) is 11.8 Å². The first-order chi connectivity index (χ1) is 8.68. The predicted octanol–water partition coefficient (Wildman–Crippen LogP) is 1.31. The Labute approximate surface area is 110 Å². The summed E-state index contributed by atoms with van der Waals surface area (Å²) < 4.78 is 5.36. The fourth-order valence-corrected chi connectivity index (χ4v) is 3.05. The summed E-state index contributed by atoms with van der Waals surface area (Å²) in [5.74, 6) is 1.20. The minimum atomic E-state index is 0.000963. The lowest BCUT2D eigenvalue weighted by molar-refractivity contribution is -0.126. The van der Waals surface area contributed by atoms with Crippen LogP contribution in [0.15, 0.2) is 0 Å². The van der Waals surface area contributed by atoms with Gasteiger partial charge in [0.25, 0.3) is 0 Å². The highest BCUT2D eigenvalue weighted by Crippen LogP contribution is 2.20. The summed E-state index contributed by atoms with van der Waals surface area (Å²) in [6.07, 6.45) is 4.46. The Morgan fingerprint density at radius 2 is 2.06 bits per heavy atom. The van der Waals surface area contributed by atoms with Crippen molar-refractivity contribution in [1.82, 2.24) is 10.6 Å². The molecular formula is C14H26N2O2. The molecule has 2 heterocycles. The Kier molecular flexibility index (Phi) is 5.01. The van der Waals surface area contributed by atoms with Crippen molar-refractivity contribution < 1.29 is 9.53 Å². The zero-order chi connectivity index (χ0) is 13.0. The molecule has 0 bridgehead atoms. The van der Waals surface area contributed by atoms with Gasteiger partial charge in [0, 0.05) is 19.3 Å². The van der Waals surface area contributed by atoms with Crippen LogP contribution in [0.1, 0.15) is 39.5 Å². The summed E-state index contributed by atoms with van der Waals surface area (Å²) >= 11 is 0. The molecule has 0 aromatic carbocycles. The first-order valence-electron chi connectivity index (χ1n) is 7.30. The van der Waals surface area contributed by atoms with Crippen molar-refractivity contribution >= 4 is 5.91 Å². The second-order valence-corrected chi connectivity index (χ2v) is 5.80. The number of hydrogen-bond donors (Lipinski definition) is 2. The fraction of sp³-hybridized carbons (Fsp3) is 0.929. The second kappa shape index (κ2) is 6.53. The molecule has 0 aromatic heterocycles. The van der Waals surface area contributed by atoms with Crippen molar-refractivity contribution in [2.24, 2.45) is 11.8 Å². The largest absolute Gasteiger partial charge is 0.381 e. The molecule has 4 heteroatoms. The molecule has 3 unspecified atom stereocenters. The molecule has 2 aliphatic rings. The molecule has 1 amide bonds. The third-order valence-corrected chi connectivity index (χ3v) is 4.39. The standard InChI is InChI=1S/C14H26N2O2/c1-10-4-3-7-15-13(10)14(17)16-11(2)12-5-8-18-9-6-12/h10-13,15H,3-9H2,1-2H3,(H,16,17). The lowest BCUT2D eigenvalue weighted by Crippen LogP contribution is -2.54. The molecule has 2 fully saturated rings. The third-order valence-electron chi connectivity index (χ3n) is 4.39. The molecule has 2 N–H and O–H groups in total. The van der Waals surface area contributed by atoms with Crippen molar-refractivity contribution in [1.29, 1.82) is 0 Å². The van der Waals surface area contributed by atoms with Gasteiger partial charge < -0.3 is 15.4 Å². The van der Waals surface area contributed by atoms with Crippen LogP contribution in [0.2, 0.25) is 0 Å². The third kappa shape index (κ3) is 3.45. The lowest BCUT2D eigenvalue weighted by atomic mass is 9.90. The van der Waals surface area contributed by atoms with Crippen LogP contribution in [-0.4, -0.2) is 37.7 Å². The Hall–Kier alpha value is -0.610. The summed E-state index contributed by atoms with van der Waals surface area (Å²) in [7, 11) is 0. The Balaban J connectivity index is 1.81. The van der Waals surface area contributed by atoms with Crippen molar-refractivity contribution in [3.05, 3.63) is 0 Å². The number of ether oxygens (including phenoxy) is 1. The number of carbonyl (C=O) groups is 1. The Bertz CT molecular complexity index is 277. The number of amides is 1. The van der Waals surface area contributed by atoms with E-state index < -0.39 is 0 Å². The zero-order valence-corrected chi connectivity index (χ0v) is 11.6. The van der Waals surface area contributed by atoms with E-state index >= 15 is 0 Å². The average Bonchev–Trinajstić information content (AvgIpc) is 2.40. The fourth-order valence-electron chi connectivity index (χ4n) is 3.05. The van der Waals surface area contributed by atoms with Gasteiger partial charge in [-0.05, 0) is 51.0 Å². The molecule has 0 aromatic rings. The quantitative estimate of drug-likeness (QED) is 0.798. The molecule has 0 spiro atoms. The van der Waals surface area contributed by atoms with E-state index in [2.05, 4.69) is 24.5 Å². The van der Waals surface area contributed by atoms with E-state index in [1.165, 1.54) is 6.42 Å². The van der Waals surface area contributed by atoms with Gasteiger partial charge in [0.2, 0.25) is 5.91 Å². The van der Waals surface area contributed by atoms with E-state index in [1.807, 2.05) is 0 Å². The van der Waals surface area contributed by atoms with Crippen molar-refractivity contribution in [2.45, 2.75) is 51.6 Å². The molecule has 4 nitrogen and oxygen atoms in total. The van der Waals surface area contributed by atoms with Crippen molar-refractivity contribution in [2.75, 3.05) is 19.8 Å². The second-order valence-electron chi connectivity index (χ2n) is 5.80. The molecule has 0 radical (unpaired) electrons. The van der Waals surface area contributed by atoms with Gasteiger partial charge in [0.1, 0.15) is 0 Å². The minimum absolute atomic E-state index is 0.000963.